The van der Waals surface area contributed by atoms with Gasteiger partial charge in [0.2, 0.25) is 0 Å². The molecule has 88 heavy (non-hydrogen) atoms. The summed E-state index contributed by atoms with van der Waals surface area (Å²) in [5.41, 5.74) is 17.1. The molecule has 0 spiro atoms. The average molecular weight is 1190 g/mol. The van der Waals surface area contributed by atoms with E-state index in [0.29, 0.717) is 0 Å². The maximum absolute atomic E-state index is 7.91. The summed E-state index contributed by atoms with van der Waals surface area (Å²) >= 11 is 3.71. The van der Waals surface area contributed by atoms with Gasteiger partial charge in [-0.1, -0.05) is 160 Å². The Morgan fingerprint density at radius 2 is 0.943 bits per heavy atom. The fourth-order valence-electron chi connectivity index (χ4n) is 15.5. The summed E-state index contributed by atoms with van der Waals surface area (Å²) in [7, 11) is 1.72. The lowest BCUT2D eigenvalue weighted by Gasteiger charge is -2.39. The highest BCUT2D eigenvalue weighted by Crippen LogP contribution is 2.62. The van der Waals surface area contributed by atoms with E-state index in [1.54, 1.807) is 18.9 Å². The van der Waals surface area contributed by atoms with Crippen LogP contribution in [0, 0.1) is 0 Å². The summed E-state index contributed by atoms with van der Waals surface area (Å²) in [5.74, 6) is 3.52. The van der Waals surface area contributed by atoms with Crippen LogP contribution in [0.15, 0.2) is 210 Å². The Morgan fingerprint density at radius 1 is 0.477 bits per heavy atom. The van der Waals surface area contributed by atoms with E-state index in [0.717, 1.165) is 126 Å². The van der Waals surface area contributed by atoms with Gasteiger partial charge in [-0.2, -0.15) is 0 Å². The lowest BCUT2D eigenvalue weighted by molar-refractivity contribution is 0.122. The van der Waals surface area contributed by atoms with E-state index in [1.807, 2.05) is 11.8 Å². The number of hydrogen-bond donors (Lipinski definition) is 0. The molecule has 4 aliphatic heterocycles. The molecular weight excluding hydrogens is 1120 g/mol. The predicted molar refractivity (Wildman–Crippen MR) is 364 cm³/mol. The Labute approximate surface area is 525 Å². The van der Waals surface area contributed by atoms with Crippen molar-refractivity contribution in [2.24, 2.45) is 0 Å². The van der Waals surface area contributed by atoms with Crippen LogP contribution in [0.1, 0.15) is 82.8 Å². The second-order valence-corrected chi connectivity index (χ2v) is 27.0. The first kappa shape index (κ1) is 55.2. The monoisotopic (exact) mass is 1190 g/mol. The van der Waals surface area contributed by atoms with Gasteiger partial charge in [-0.3, -0.25) is 0 Å². The van der Waals surface area contributed by atoms with E-state index in [1.165, 1.54) is 76.4 Å². The molecule has 3 atom stereocenters. The predicted octanol–water partition coefficient (Wildman–Crippen LogP) is 17.9. The molecule has 6 aliphatic rings. The van der Waals surface area contributed by atoms with Gasteiger partial charge in [0.15, 0.2) is 11.2 Å². The molecule has 438 valence electrons. The van der Waals surface area contributed by atoms with Gasteiger partial charge in [0.25, 0.3) is 0 Å². The molecule has 0 bridgehead atoms. The highest BCUT2D eigenvalue weighted by atomic mass is 32.2. The molecule has 10 aromatic rings. The quantitative estimate of drug-likeness (QED) is 0.111. The average Bonchev–Trinajstić information content (AvgIpc) is 1.48. The van der Waals surface area contributed by atoms with Gasteiger partial charge in [-0.15, -0.1) is 23.5 Å². The molecule has 4 heterocycles. The zero-order chi connectivity index (χ0) is 59.4. The number of rotatable bonds is 12. The molecule has 0 aromatic heterocycles. The molecular formula is C79H70N2O5S2. The molecule has 0 N–H and O–H groups in total. The Morgan fingerprint density at radius 3 is 1.50 bits per heavy atom. The van der Waals surface area contributed by atoms with Crippen LogP contribution < -0.4 is 24.0 Å². The second kappa shape index (κ2) is 21.6. The van der Waals surface area contributed by atoms with Crippen molar-refractivity contribution < 1.29 is 23.7 Å². The van der Waals surface area contributed by atoms with E-state index < -0.39 is 11.2 Å². The lowest BCUT2D eigenvalue weighted by atomic mass is 9.74. The van der Waals surface area contributed by atoms with Crippen molar-refractivity contribution in [3.05, 3.63) is 256 Å². The van der Waals surface area contributed by atoms with Gasteiger partial charge in [-0.05, 0) is 147 Å². The SMILES string of the molecule is COc1ccc(C2(c3ccc(N4CCOCC4)cc3)C=Cc3c4c(c5ccc(SC)cc5c3O2)-c2ccccc2C4(C)CCSc2ccc3c4c(c5c(c3c2)OC(c2ccccc2)(c2ccc(N3CCOCC3)cc2)C=C5)C(C)(C)c2ccccc2-4)cc1. The number of benzene rings is 10. The minimum atomic E-state index is -0.932. The number of nitrogens with zero attached hydrogens (tertiary/aromatic N) is 2. The number of anilines is 2. The van der Waals surface area contributed by atoms with Crippen LogP contribution in [0.3, 0.4) is 0 Å². The van der Waals surface area contributed by atoms with Gasteiger partial charge >= 0.3 is 0 Å². The molecule has 2 saturated heterocycles. The van der Waals surface area contributed by atoms with Gasteiger partial charge in [0, 0.05) is 102 Å². The maximum Gasteiger partial charge on any atom is 0.178 e. The fraction of sp³-hybridized carbons (Fsp3) is 0.241. The maximum atomic E-state index is 7.91. The Balaban J connectivity index is 0.807. The third-order valence-electron chi connectivity index (χ3n) is 20.0. The Hall–Kier alpha value is -8.18. The molecule has 0 amide bonds. The summed E-state index contributed by atoms with van der Waals surface area (Å²) in [6.45, 7) is 13.7. The van der Waals surface area contributed by atoms with Crippen LogP contribution in [0.4, 0.5) is 11.4 Å². The van der Waals surface area contributed by atoms with Gasteiger partial charge < -0.3 is 33.5 Å². The highest BCUT2D eigenvalue weighted by Gasteiger charge is 2.48. The van der Waals surface area contributed by atoms with Gasteiger partial charge in [0.05, 0.1) is 33.5 Å². The number of ether oxygens (including phenoxy) is 5. The number of methoxy groups -OCH3 is 1. The molecule has 2 fully saturated rings. The van der Waals surface area contributed by atoms with Crippen LogP contribution >= 0.6 is 23.5 Å². The zero-order valence-corrected chi connectivity index (χ0v) is 52.2. The van der Waals surface area contributed by atoms with Crippen molar-refractivity contribution in [1.29, 1.82) is 0 Å². The molecule has 10 aromatic carbocycles. The van der Waals surface area contributed by atoms with Crippen molar-refractivity contribution >= 4 is 68.6 Å². The van der Waals surface area contributed by atoms with Crippen LogP contribution in [-0.2, 0) is 31.5 Å². The first-order valence-corrected chi connectivity index (χ1v) is 33.3. The molecule has 2 aliphatic carbocycles. The van der Waals surface area contributed by atoms with Gasteiger partial charge in [0.1, 0.15) is 17.2 Å². The van der Waals surface area contributed by atoms with E-state index >= 15 is 0 Å². The van der Waals surface area contributed by atoms with Crippen molar-refractivity contribution in [2.45, 2.75) is 59.0 Å². The Kier molecular flexibility index (Phi) is 13.5. The van der Waals surface area contributed by atoms with Crippen LogP contribution in [0.2, 0.25) is 0 Å². The van der Waals surface area contributed by atoms with E-state index in [-0.39, 0.29) is 10.8 Å². The van der Waals surface area contributed by atoms with Crippen molar-refractivity contribution in [2.75, 3.05) is 81.5 Å². The van der Waals surface area contributed by atoms with Crippen LogP contribution in [0.5, 0.6) is 17.2 Å². The largest absolute Gasteiger partial charge is 0.497 e. The van der Waals surface area contributed by atoms with Crippen molar-refractivity contribution in [3.63, 3.8) is 0 Å². The highest BCUT2D eigenvalue weighted by molar-refractivity contribution is 7.99. The van der Waals surface area contributed by atoms with E-state index in [4.69, 9.17) is 23.7 Å². The molecule has 3 unspecified atom stereocenters. The number of morpholine rings is 2. The minimum absolute atomic E-state index is 0.255. The van der Waals surface area contributed by atoms with Crippen molar-refractivity contribution in [1.82, 2.24) is 0 Å². The number of thioether (sulfide) groups is 2. The summed E-state index contributed by atoms with van der Waals surface area (Å²) in [4.78, 5) is 7.24. The van der Waals surface area contributed by atoms with Crippen molar-refractivity contribution in [3.8, 4) is 39.5 Å². The molecule has 9 heteroatoms. The topological polar surface area (TPSA) is 52.6 Å². The molecule has 0 radical (unpaired) electrons. The summed E-state index contributed by atoms with van der Waals surface area (Å²) in [5, 5.41) is 4.68. The standard InChI is InChI=1S/C79H70N2O5S2/c1-76(2)68-17-11-9-15-62(68)70-60-34-32-59(50-67(60)74-64(72(70)76)35-37-78(85-74,51-13-7-6-8-14-51)52-19-25-55(26-20-52)80-40-44-83-45-41-80)88-48-39-77(3)69-18-12-10-16-63(69)71-61-33-31-58(87-5)49-66(61)75-65(73(71)77)36-38-79(86-75,54-23-29-57(82-4)30-24-54)53-21-27-56(28-22-53)81-42-46-84-47-43-81/h6-38,49-50H,39-48H2,1-5H3. The first-order valence-electron chi connectivity index (χ1n) is 31.1. The summed E-state index contributed by atoms with van der Waals surface area (Å²) < 4.78 is 33.0. The Bertz CT molecular complexity index is 4450. The fourth-order valence-corrected chi connectivity index (χ4v) is 17.1. The normalized spacial score (nSPS) is 21.0. The van der Waals surface area contributed by atoms with Gasteiger partial charge in [-0.25, -0.2) is 0 Å². The van der Waals surface area contributed by atoms with E-state index in [9.17, 15) is 0 Å². The minimum Gasteiger partial charge on any atom is -0.497 e. The van der Waals surface area contributed by atoms with Crippen LogP contribution in [-0.4, -0.2) is 71.7 Å². The zero-order valence-electron chi connectivity index (χ0n) is 50.5. The lowest BCUT2D eigenvalue weighted by Crippen LogP contribution is -2.37. The third-order valence-corrected chi connectivity index (χ3v) is 21.8. The second-order valence-electron chi connectivity index (χ2n) is 25.0. The molecule has 0 saturated carbocycles. The first-order chi connectivity index (χ1) is 43.1. The summed E-state index contributed by atoms with van der Waals surface area (Å²) in [6.07, 6.45) is 12.5. The third kappa shape index (κ3) is 8.62. The van der Waals surface area contributed by atoms with E-state index in [2.05, 4.69) is 249 Å². The number of hydrogen-bond acceptors (Lipinski definition) is 9. The smallest absolute Gasteiger partial charge is 0.178 e. The molecule has 16 rings (SSSR count). The van der Waals surface area contributed by atoms with Crippen LogP contribution in [0.25, 0.3) is 56.0 Å². The summed E-state index contributed by atoms with van der Waals surface area (Å²) in [6, 6.07) is 69.7. The molecule has 7 nitrogen and oxygen atoms in total. The number of fused-ring (bicyclic) bond motifs is 16.